The first-order valence-corrected chi connectivity index (χ1v) is 21.6. The molecule has 1 aliphatic heterocycles. The molecule has 0 unspecified atom stereocenters. The Morgan fingerprint density at radius 1 is 0.667 bits per heavy atom. The van der Waals surface area contributed by atoms with Crippen molar-refractivity contribution in [3.8, 4) is 0 Å². The zero-order valence-electron chi connectivity index (χ0n) is 35.8. The Morgan fingerprint density at radius 2 is 1.17 bits per heavy atom. The van der Waals surface area contributed by atoms with Gasteiger partial charge in [0.1, 0.15) is 24.2 Å². The number of ether oxygens (including phenoxy) is 2. The molecular formula is C52H56N4O7. The highest BCUT2D eigenvalue weighted by molar-refractivity contribution is 5.92. The van der Waals surface area contributed by atoms with Crippen LogP contribution in [0.5, 0.6) is 0 Å². The first-order chi connectivity index (χ1) is 30.6. The summed E-state index contributed by atoms with van der Waals surface area (Å²) >= 11 is 0. The molecule has 4 amide bonds. The number of carbonyl (C=O) groups excluding carboxylic acids is 5. The van der Waals surface area contributed by atoms with Crippen LogP contribution in [0.3, 0.4) is 0 Å². The van der Waals surface area contributed by atoms with E-state index in [2.05, 4.69) is 21.3 Å². The number of alkyl carbamates (subject to hydrolysis) is 1. The van der Waals surface area contributed by atoms with E-state index in [1.165, 1.54) is 0 Å². The Kier molecular flexibility index (Phi) is 16.4. The number of carbonyl (C=O) groups is 5. The van der Waals surface area contributed by atoms with Crippen LogP contribution in [0.2, 0.25) is 0 Å². The molecule has 326 valence electrons. The first-order valence-electron chi connectivity index (χ1n) is 21.6. The van der Waals surface area contributed by atoms with Crippen LogP contribution in [0, 0.1) is 5.92 Å². The predicted molar refractivity (Wildman–Crippen MR) is 242 cm³/mol. The minimum Gasteiger partial charge on any atom is -0.462 e. The van der Waals surface area contributed by atoms with Crippen molar-refractivity contribution >= 4 is 29.8 Å². The third-order valence-corrected chi connectivity index (χ3v) is 10.9. The van der Waals surface area contributed by atoms with Gasteiger partial charge in [0.15, 0.2) is 0 Å². The topological polar surface area (TPSA) is 152 Å². The second-order valence-corrected chi connectivity index (χ2v) is 16.1. The molecule has 0 spiro atoms. The molecule has 0 radical (unpaired) electrons. The van der Waals surface area contributed by atoms with Gasteiger partial charge >= 0.3 is 12.1 Å². The Morgan fingerprint density at radius 3 is 1.70 bits per heavy atom. The summed E-state index contributed by atoms with van der Waals surface area (Å²) in [4.78, 5) is 68.8. The molecule has 5 aromatic carbocycles. The number of esters is 1. The number of hydrogen-bond donors (Lipinski definition) is 4. The Hall–Kier alpha value is -7.01. The highest BCUT2D eigenvalue weighted by atomic mass is 16.5. The van der Waals surface area contributed by atoms with E-state index in [1.54, 1.807) is 6.08 Å². The van der Waals surface area contributed by atoms with Crippen molar-refractivity contribution in [2.75, 3.05) is 6.61 Å². The lowest BCUT2D eigenvalue weighted by Gasteiger charge is -2.37. The summed E-state index contributed by atoms with van der Waals surface area (Å²) < 4.78 is 10.8. The molecule has 0 bridgehead atoms. The van der Waals surface area contributed by atoms with Gasteiger partial charge in [-0.3, -0.25) is 14.4 Å². The largest absolute Gasteiger partial charge is 0.462 e. The summed E-state index contributed by atoms with van der Waals surface area (Å²) in [6, 6.07) is 44.9. The van der Waals surface area contributed by atoms with Crippen LogP contribution in [0.15, 0.2) is 163 Å². The van der Waals surface area contributed by atoms with E-state index in [4.69, 9.17) is 9.47 Å². The molecule has 63 heavy (non-hydrogen) atoms. The molecule has 4 N–H and O–H groups in total. The summed E-state index contributed by atoms with van der Waals surface area (Å²) in [5.41, 5.74) is 3.52. The highest BCUT2D eigenvalue weighted by Crippen LogP contribution is 2.37. The summed E-state index contributed by atoms with van der Waals surface area (Å²) in [5.74, 6) is -1.83. The predicted octanol–water partition coefficient (Wildman–Crippen LogP) is 7.69. The lowest BCUT2D eigenvalue weighted by Crippen LogP contribution is -2.56. The van der Waals surface area contributed by atoms with Crippen LogP contribution in [-0.4, -0.2) is 54.5 Å². The van der Waals surface area contributed by atoms with Crippen molar-refractivity contribution in [2.45, 2.75) is 82.6 Å². The molecule has 6 rings (SSSR count). The number of nitrogens with one attached hydrogen (secondary N) is 4. The zero-order valence-corrected chi connectivity index (χ0v) is 35.8. The molecule has 1 saturated heterocycles. The second kappa shape index (κ2) is 22.7. The third-order valence-electron chi connectivity index (χ3n) is 10.9. The maximum absolute atomic E-state index is 14.5. The zero-order chi connectivity index (χ0) is 44.4. The van der Waals surface area contributed by atoms with Gasteiger partial charge in [0, 0.05) is 24.5 Å². The molecule has 1 fully saturated rings. The fourth-order valence-corrected chi connectivity index (χ4v) is 7.78. The Labute approximate surface area is 369 Å². The van der Waals surface area contributed by atoms with E-state index >= 15 is 0 Å². The normalized spacial score (nSPS) is 14.7. The maximum atomic E-state index is 14.5. The van der Waals surface area contributed by atoms with E-state index in [0.29, 0.717) is 25.0 Å². The average molecular weight is 849 g/mol. The highest BCUT2D eigenvalue weighted by Gasteiger charge is 2.38. The van der Waals surface area contributed by atoms with E-state index in [1.807, 2.05) is 166 Å². The van der Waals surface area contributed by atoms with E-state index in [0.717, 1.165) is 27.8 Å². The molecule has 0 aliphatic carbocycles. The fourth-order valence-electron chi connectivity index (χ4n) is 7.78. The molecule has 1 aliphatic rings. The van der Waals surface area contributed by atoms with Crippen molar-refractivity contribution in [2.24, 2.45) is 5.92 Å². The lowest BCUT2D eigenvalue weighted by molar-refractivity contribution is -0.141. The van der Waals surface area contributed by atoms with Gasteiger partial charge in [-0.2, -0.15) is 0 Å². The second-order valence-electron chi connectivity index (χ2n) is 16.1. The van der Waals surface area contributed by atoms with E-state index < -0.39 is 47.5 Å². The van der Waals surface area contributed by atoms with Crippen molar-refractivity contribution in [3.05, 3.63) is 191 Å². The maximum Gasteiger partial charge on any atom is 0.408 e. The van der Waals surface area contributed by atoms with Gasteiger partial charge in [-0.05, 0) is 59.4 Å². The Balaban J connectivity index is 1.24. The van der Waals surface area contributed by atoms with Gasteiger partial charge in [0.25, 0.3) is 0 Å². The number of benzene rings is 5. The van der Waals surface area contributed by atoms with Crippen molar-refractivity contribution in [1.29, 1.82) is 0 Å². The van der Waals surface area contributed by atoms with Crippen LogP contribution >= 0.6 is 0 Å². The van der Waals surface area contributed by atoms with Crippen molar-refractivity contribution in [3.63, 3.8) is 0 Å². The van der Waals surface area contributed by atoms with E-state index in [-0.39, 0.29) is 44.1 Å². The number of amides is 4. The Bertz CT molecular complexity index is 2190. The van der Waals surface area contributed by atoms with Gasteiger partial charge in [0.05, 0.1) is 6.61 Å². The standard InChI is InChI=1S/C52H56N4O7/c1-37(2)33-45(55-51(61)63-36-39-21-10-4-11-22-39)49(59)54-46(34-38-19-8-3-9-20-38)48(58)53-44(35-40-23-18-32-62-50(40)60)30-31-47(57)56-52(41-24-12-5-13-25-41,42-26-14-6-15-27-42)43-28-16-7-17-29-43/h3-17,19-22,24-29,35,37,44-46H,18,23,30-34,36H2,1-2H3,(H,53,58)(H,54,59)(H,55,61)(H,56,57)/b40-35+/t44-,45-,46-/m0/s1. The summed E-state index contributed by atoms with van der Waals surface area (Å²) in [5, 5.41) is 12.0. The molecule has 5 aromatic rings. The summed E-state index contributed by atoms with van der Waals surface area (Å²) in [6.07, 6.45) is 2.49. The van der Waals surface area contributed by atoms with Crippen LogP contribution in [-0.2, 0) is 47.2 Å². The smallest absolute Gasteiger partial charge is 0.408 e. The van der Waals surface area contributed by atoms with Crippen LogP contribution in [0.1, 0.15) is 73.8 Å². The van der Waals surface area contributed by atoms with Crippen LogP contribution < -0.4 is 21.3 Å². The third kappa shape index (κ3) is 13.0. The first kappa shape index (κ1) is 45.5. The molecule has 1 heterocycles. The summed E-state index contributed by atoms with van der Waals surface area (Å²) in [7, 11) is 0. The van der Waals surface area contributed by atoms with Gasteiger partial charge in [-0.15, -0.1) is 0 Å². The lowest BCUT2D eigenvalue weighted by atomic mass is 9.77. The van der Waals surface area contributed by atoms with Crippen LogP contribution in [0.4, 0.5) is 4.79 Å². The number of rotatable bonds is 19. The fraction of sp³-hybridized carbons (Fsp3) is 0.288. The minimum absolute atomic E-state index is 0.0124. The van der Waals surface area contributed by atoms with Crippen LogP contribution in [0.25, 0.3) is 0 Å². The molecule has 11 nitrogen and oxygen atoms in total. The van der Waals surface area contributed by atoms with Crippen molar-refractivity contribution in [1.82, 2.24) is 21.3 Å². The van der Waals surface area contributed by atoms with Gasteiger partial charge in [-0.1, -0.05) is 172 Å². The van der Waals surface area contributed by atoms with Gasteiger partial charge in [-0.25, -0.2) is 9.59 Å². The van der Waals surface area contributed by atoms with Gasteiger partial charge < -0.3 is 30.7 Å². The van der Waals surface area contributed by atoms with Crippen molar-refractivity contribution < 1.29 is 33.4 Å². The summed E-state index contributed by atoms with van der Waals surface area (Å²) in [6.45, 7) is 4.18. The number of hydrogen-bond acceptors (Lipinski definition) is 7. The quantitative estimate of drug-likeness (QED) is 0.0378. The monoisotopic (exact) mass is 848 g/mol. The average Bonchev–Trinajstić information content (AvgIpc) is 3.31. The molecule has 0 saturated carbocycles. The van der Waals surface area contributed by atoms with Gasteiger partial charge in [0.2, 0.25) is 17.7 Å². The molecule has 11 heteroatoms. The molecular weight excluding hydrogens is 793 g/mol. The minimum atomic E-state index is -1.09. The molecule has 0 aromatic heterocycles. The van der Waals surface area contributed by atoms with E-state index in [9.17, 15) is 24.0 Å². The SMILES string of the molecule is CC(C)C[C@H](NC(=O)OCc1ccccc1)C(=O)N[C@@H](Cc1ccccc1)C(=O)N[C@H](/C=C1\CCCOC1=O)CCC(=O)NC(c1ccccc1)(c1ccccc1)c1ccccc1. The molecule has 3 atom stereocenters. The number of cyclic esters (lactones) is 1.